The number of esters is 2. The summed E-state index contributed by atoms with van der Waals surface area (Å²) in [6.07, 6.45) is 6.28. The van der Waals surface area contributed by atoms with Gasteiger partial charge in [0, 0.05) is 72.0 Å². The summed E-state index contributed by atoms with van der Waals surface area (Å²) in [6.45, 7) is 38.2. The van der Waals surface area contributed by atoms with E-state index in [1.54, 1.807) is 160 Å². The monoisotopic (exact) mass is 2060 g/mol. The standard InChI is InChI=1S/C22H26N4O4.C16H20ClN3O3.C12H18BNO3.C10H11ClN4O.C10H7ClN4O.C10H18O5.C5H7BO3.C5H2Cl2N4.C2H6S.B/c1-13-6-9-16(29-13)20-19(14-7-10-17(27)26(5)12-14)24-15(21(23)25-20)8-11-18(28)30-22(2,3)4;1-9-5-7-11(22-9)13-14(17)19-10(15(18)20-13)6-8-12(21)23-16(2,3)4;1-11(2)12(3,4)17-13(16-11)9-6-7-10(15)14(5)8-9;2*1-5-2-3-7(16-5)8-9(11)14-6(4-12)10(13)15-8;1-9(2,3)14-7(11)13-8(12)15-10(4,5)6;1-4-2-3-5(9-4)6(7)8;6-3-4(7)11-5(9)2(1-8)10-3;1-3-2;/h6-7,9-10,12H,8,11H2,1-5H3,(H2,23,25);5,7H,6,8H2,1-4H3,(H2,18,20);6-8H,1-5H3;2-3H,4,12H2,1H3,(H2,13,15);2-3H,1H3,(H2,13,15);1-6H3;2-3,7-8H,1H3;(H2,9,11);1-2H3;. The van der Waals surface area contributed by atoms with Gasteiger partial charge >= 0.3 is 38.5 Å². The first-order chi connectivity index (χ1) is 64.9. The topological polar surface area (TPSA) is 616 Å². The Labute approximate surface area is 847 Å². The predicted molar refractivity (Wildman–Crippen MR) is 543 cm³/mol. The van der Waals surface area contributed by atoms with Gasteiger partial charge in [0.2, 0.25) is 11.1 Å². The highest BCUT2D eigenvalue weighted by molar-refractivity contribution is 7.97. The van der Waals surface area contributed by atoms with Crippen molar-refractivity contribution in [2.75, 3.05) is 41.2 Å². The molecule has 1 aliphatic heterocycles. The molecule has 14 N–H and O–H groups in total. The number of rotatable bonds is 14. The number of aryl methyl sites for hydroxylation is 9. The molecule has 1 saturated heterocycles. The minimum atomic E-state index is -1.49. The Morgan fingerprint density at radius 3 is 1.12 bits per heavy atom. The maximum Gasteiger partial charge on any atom is 0.526 e. The van der Waals surface area contributed by atoms with Crippen LogP contribution in [0.3, 0.4) is 0 Å². The lowest BCUT2D eigenvalue weighted by Gasteiger charge is -2.32. The summed E-state index contributed by atoms with van der Waals surface area (Å²) in [6, 6.07) is 27.4. The number of halogens is 5. The van der Waals surface area contributed by atoms with E-state index in [9.17, 15) is 28.8 Å². The largest absolute Gasteiger partial charge is 0.526 e. The van der Waals surface area contributed by atoms with Crippen LogP contribution in [0.25, 0.3) is 57.1 Å². The summed E-state index contributed by atoms with van der Waals surface area (Å²) in [7, 11) is 1.49. The van der Waals surface area contributed by atoms with Gasteiger partial charge < -0.3 is 109 Å². The molecular weight excluding hydrogens is 1950 g/mol. The molecule has 12 aromatic heterocycles. The third kappa shape index (κ3) is 39.3. The number of furan rings is 5. The average molecular weight is 2060 g/mol. The molecule has 1 fully saturated rings. The van der Waals surface area contributed by atoms with Crippen molar-refractivity contribution in [3.8, 4) is 69.2 Å². The van der Waals surface area contributed by atoms with Gasteiger partial charge in [-0.3, -0.25) is 19.2 Å². The molecule has 13 rings (SSSR count). The van der Waals surface area contributed by atoms with E-state index in [-0.39, 0.29) is 140 Å². The quantitative estimate of drug-likeness (QED) is 0.0217. The van der Waals surface area contributed by atoms with Crippen LogP contribution in [0, 0.1) is 57.3 Å². The number of pyridine rings is 2. The van der Waals surface area contributed by atoms with Gasteiger partial charge in [-0.2, -0.15) is 22.3 Å². The number of thioether (sulfide) groups is 1. The average Bonchev–Trinajstić information content (AvgIpc) is 1.65. The summed E-state index contributed by atoms with van der Waals surface area (Å²) in [5.74, 6) is 5.79. The van der Waals surface area contributed by atoms with Crippen molar-refractivity contribution in [3.63, 3.8) is 0 Å². The number of hydrogen-bond acceptors (Lipinski definition) is 39. The maximum absolute atomic E-state index is 12.1. The molecule has 0 bridgehead atoms. The first-order valence-electron chi connectivity index (χ1n) is 42.4. The number of ether oxygens (including phenoxy) is 5. The van der Waals surface area contributed by atoms with E-state index in [2.05, 4.69) is 49.6 Å². The number of anilines is 5. The van der Waals surface area contributed by atoms with Gasteiger partial charge in [-0.05, 0) is 230 Å². The Kier molecular flexibility index (Phi) is 45.4. The van der Waals surface area contributed by atoms with Gasteiger partial charge in [-0.1, -0.05) is 64.1 Å². The Bertz CT molecular complexity index is 6440. The normalized spacial score (nSPS) is 12.0. The van der Waals surface area contributed by atoms with E-state index >= 15 is 0 Å². The molecule has 13 heterocycles. The van der Waals surface area contributed by atoms with Crippen molar-refractivity contribution in [3.05, 3.63) is 201 Å². The predicted octanol–water partition coefficient (Wildman–Crippen LogP) is 15.4. The maximum atomic E-state index is 12.1. The molecule has 0 saturated carbocycles. The van der Waals surface area contributed by atoms with Crippen molar-refractivity contribution < 1.29 is 84.3 Å². The number of carbonyl (C=O) groups excluding carboxylic acids is 4. The van der Waals surface area contributed by atoms with Crippen LogP contribution in [0.5, 0.6) is 0 Å². The second-order valence-electron chi connectivity index (χ2n) is 35.1. The lowest BCUT2D eigenvalue weighted by atomic mass is 9.80. The zero-order valence-electron chi connectivity index (χ0n) is 82.8. The van der Waals surface area contributed by atoms with E-state index in [1.807, 2.05) is 115 Å². The molecule has 3 radical (unpaired) electrons. The smallest absolute Gasteiger partial charge is 0.470 e. The number of nitrogen functional groups attached to an aromatic ring is 5. The van der Waals surface area contributed by atoms with E-state index in [0.717, 1.165) is 28.5 Å². The minimum absolute atomic E-state index is 0. The Morgan fingerprint density at radius 2 is 0.773 bits per heavy atom. The molecule has 12 aromatic rings. The SMILES string of the molecule is CC(C)(C)OC(=O)OC(=O)OC(C)(C)C.CSC.Cc1ccc(-c2nc(N)c(C#N)nc2Cl)o1.Cc1ccc(-c2nc(N)c(CCC(=O)OC(C)(C)C)nc2-c2ccc(=O)n(C)c2)o1.Cc1ccc(-c2nc(N)c(CCC(=O)OC(C)(C)C)nc2Cl)o1.Cc1ccc(-c2nc(N)c(CN)nc2Cl)o1.Cc1ccc(B(O)O)o1.Cn1cc(B2OC(C)(C)C(C)(C)O2)ccc1=O.N#Cc1nc(Cl)c(Cl)nc1N.[B]. The van der Waals surface area contributed by atoms with Crippen molar-refractivity contribution >= 4 is 157 Å². The van der Waals surface area contributed by atoms with Crippen LogP contribution in [0.2, 0.25) is 25.8 Å². The molecular formula is C92H115B3Cl5N20O20S. The number of nitriles is 2. The van der Waals surface area contributed by atoms with Crippen molar-refractivity contribution in [1.29, 1.82) is 10.5 Å². The van der Waals surface area contributed by atoms with Gasteiger partial charge in [0.25, 0.3) is 0 Å². The second-order valence-corrected chi connectivity index (χ2v) is 37.8. The summed E-state index contributed by atoms with van der Waals surface area (Å²) in [5.41, 5.74) is 36.0. The van der Waals surface area contributed by atoms with Gasteiger partial charge in [-0.25, -0.2) is 59.4 Å². The lowest BCUT2D eigenvalue weighted by molar-refractivity contribution is -0.155. The Hall–Kier alpha value is -12.8. The molecule has 141 heavy (non-hydrogen) atoms. The summed E-state index contributed by atoms with van der Waals surface area (Å²) in [4.78, 5) is 110. The molecule has 0 atom stereocenters. The summed E-state index contributed by atoms with van der Waals surface area (Å²) >= 11 is 30.7. The molecule has 0 aromatic carbocycles. The highest BCUT2D eigenvalue weighted by Crippen LogP contribution is 2.38. The molecule has 49 heteroatoms. The zero-order chi connectivity index (χ0) is 106. The fourth-order valence-corrected chi connectivity index (χ4v) is 11.9. The molecule has 0 aliphatic carbocycles. The van der Waals surface area contributed by atoms with Crippen LogP contribution >= 0.6 is 69.8 Å². The van der Waals surface area contributed by atoms with Crippen LogP contribution < -0.4 is 56.6 Å². The molecule has 40 nitrogen and oxygen atoms in total. The van der Waals surface area contributed by atoms with Gasteiger partial charge in [-0.15, -0.1) is 0 Å². The first-order valence-corrected chi connectivity index (χ1v) is 45.9. The third-order valence-corrected chi connectivity index (χ3v) is 19.3. The summed E-state index contributed by atoms with van der Waals surface area (Å²) < 4.78 is 66.0. The zero-order valence-corrected chi connectivity index (χ0v) is 87.4. The number of nitrogens with zero attached hydrogens (tertiary/aromatic N) is 14. The Balaban J connectivity index is 0.000000342. The number of carbonyl (C=O) groups is 4. The highest BCUT2D eigenvalue weighted by atomic mass is 35.5. The number of nitrogens with two attached hydrogens (primary N) is 6. The molecule has 0 amide bonds. The van der Waals surface area contributed by atoms with Crippen LogP contribution in [-0.4, -0.2) is 162 Å². The van der Waals surface area contributed by atoms with E-state index in [0.29, 0.717) is 86.3 Å². The minimum Gasteiger partial charge on any atom is -0.470 e. The fourth-order valence-electron chi connectivity index (χ4n) is 10.9. The summed E-state index contributed by atoms with van der Waals surface area (Å²) in [5, 5.41) is 34.6. The third-order valence-electron chi connectivity index (χ3n) is 17.9. The van der Waals surface area contributed by atoms with Crippen LogP contribution in [-0.2, 0) is 76.1 Å². The Morgan fingerprint density at radius 1 is 0.447 bits per heavy atom. The van der Waals surface area contributed by atoms with Crippen molar-refractivity contribution in [2.24, 2.45) is 19.8 Å². The van der Waals surface area contributed by atoms with Crippen LogP contribution in [0.4, 0.5) is 38.7 Å². The number of aromatic nitrogens is 12. The first kappa shape index (κ1) is 120. The fraction of sp³-hybridized carbons (Fsp3) is 0.391. The van der Waals surface area contributed by atoms with Crippen LogP contribution in [0.15, 0.2) is 129 Å². The highest BCUT2D eigenvalue weighted by Gasteiger charge is 2.52. The van der Waals surface area contributed by atoms with Gasteiger partial charge in [0.1, 0.15) is 109 Å². The van der Waals surface area contributed by atoms with Crippen LogP contribution in [0.1, 0.15) is 181 Å². The molecule has 1 aliphatic rings. The second kappa shape index (κ2) is 53.1. The molecule has 0 unspecified atom stereocenters. The van der Waals surface area contributed by atoms with Gasteiger partial charge in [0.05, 0.1) is 46.9 Å². The van der Waals surface area contributed by atoms with E-state index in [1.165, 1.54) is 27.3 Å². The van der Waals surface area contributed by atoms with E-state index in [4.69, 9.17) is 168 Å². The van der Waals surface area contributed by atoms with E-state index < -0.39 is 49.0 Å². The number of hydrogen-bond donors (Lipinski definition) is 8. The lowest BCUT2D eigenvalue weighted by Crippen LogP contribution is -2.41. The van der Waals surface area contributed by atoms with Crippen molar-refractivity contribution in [1.82, 2.24) is 59.0 Å². The van der Waals surface area contributed by atoms with Gasteiger partial charge in [0.15, 0.2) is 71.8 Å². The van der Waals surface area contributed by atoms with Crippen molar-refractivity contribution in [2.45, 2.75) is 211 Å². The molecule has 753 valence electrons. The molecule has 0 spiro atoms.